The van der Waals surface area contributed by atoms with Crippen LogP contribution in [0, 0.1) is 10.1 Å². The fourth-order valence-corrected chi connectivity index (χ4v) is 3.40. The van der Waals surface area contributed by atoms with Crippen molar-refractivity contribution in [1.82, 2.24) is 4.90 Å². The second-order valence-corrected chi connectivity index (χ2v) is 6.35. The average Bonchev–Trinajstić information content (AvgIpc) is 3.01. The molecule has 0 saturated carbocycles. The van der Waals surface area contributed by atoms with E-state index in [1.807, 2.05) is 12.1 Å². The molecule has 1 atom stereocenters. The summed E-state index contributed by atoms with van der Waals surface area (Å²) in [4.78, 5) is 15.5. The molecule has 0 aliphatic carbocycles. The number of nitro benzene ring substituents is 1. The Bertz CT molecular complexity index is 526. The lowest BCUT2D eigenvalue weighted by molar-refractivity contribution is -0.384. The van der Waals surface area contributed by atoms with E-state index >= 15 is 0 Å². The first-order valence-corrected chi connectivity index (χ1v) is 7.95. The molecule has 114 valence electrons. The van der Waals surface area contributed by atoms with E-state index in [-0.39, 0.29) is 10.6 Å². The Kier molecular flexibility index (Phi) is 4.42. The smallest absolute Gasteiger partial charge is 0.293 e. The lowest BCUT2D eigenvalue weighted by Gasteiger charge is -2.38. The summed E-state index contributed by atoms with van der Waals surface area (Å²) in [6, 6.07) is 5.79. The van der Waals surface area contributed by atoms with Crippen LogP contribution in [0.1, 0.15) is 6.42 Å². The summed E-state index contributed by atoms with van der Waals surface area (Å²) in [5, 5.41) is 11.2. The highest BCUT2D eigenvalue weighted by Crippen LogP contribution is 2.32. The molecule has 0 N–H and O–H groups in total. The van der Waals surface area contributed by atoms with E-state index in [0.29, 0.717) is 11.7 Å². The number of ether oxygens (including phenoxy) is 1. The maximum Gasteiger partial charge on any atom is 0.293 e. The number of hydrogen-bond donors (Lipinski definition) is 0. The fraction of sp³-hybridized carbons (Fsp3) is 0.571. The zero-order chi connectivity index (χ0) is 14.8. The topological polar surface area (TPSA) is 58.9 Å². The van der Waals surface area contributed by atoms with Crippen LogP contribution in [0.3, 0.4) is 0 Å². The van der Waals surface area contributed by atoms with Crippen LogP contribution in [-0.2, 0) is 4.74 Å². The van der Waals surface area contributed by atoms with Gasteiger partial charge in [0.05, 0.1) is 11.5 Å². The van der Waals surface area contributed by atoms with Crippen molar-refractivity contribution < 1.29 is 9.66 Å². The Hall–Kier alpha value is -1.18. The number of halogens is 1. The minimum atomic E-state index is -0.308. The Labute approximate surface area is 131 Å². The van der Waals surface area contributed by atoms with Gasteiger partial charge in [0.15, 0.2) is 0 Å². The molecule has 7 heteroatoms. The Morgan fingerprint density at radius 1 is 1.29 bits per heavy atom. The molecule has 1 aromatic rings. The quantitative estimate of drug-likeness (QED) is 0.614. The van der Waals surface area contributed by atoms with E-state index in [1.54, 1.807) is 6.07 Å². The first-order valence-electron chi connectivity index (χ1n) is 7.16. The van der Waals surface area contributed by atoms with Gasteiger partial charge in [0.25, 0.3) is 5.69 Å². The molecule has 0 aromatic heterocycles. The molecule has 2 aliphatic rings. The normalized spacial score (nSPS) is 23.5. The molecule has 21 heavy (non-hydrogen) atoms. The number of rotatable bonds is 3. The van der Waals surface area contributed by atoms with Gasteiger partial charge >= 0.3 is 0 Å². The second-order valence-electron chi connectivity index (χ2n) is 5.43. The van der Waals surface area contributed by atoms with Gasteiger partial charge < -0.3 is 9.64 Å². The maximum atomic E-state index is 11.2. The maximum absolute atomic E-state index is 11.2. The molecule has 1 aromatic carbocycles. The largest absolute Gasteiger partial charge is 0.380 e. The van der Waals surface area contributed by atoms with Gasteiger partial charge in [0.2, 0.25) is 0 Å². The van der Waals surface area contributed by atoms with Crippen LogP contribution < -0.4 is 4.90 Å². The zero-order valence-electron chi connectivity index (χ0n) is 11.7. The van der Waals surface area contributed by atoms with E-state index < -0.39 is 0 Å². The summed E-state index contributed by atoms with van der Waals surface area (Å²) >= 11 is 3.30. The summed E-state index contributed by atoms with van der Waals surface area (Å²) in [6.07, 6.45) is 1.10. The van der Waals surface area contributed by atoms with Crippen molar-refractivity contribution in [3.63, 3.8) is 0 Å². The van der Waals surface area contributed by atoms with Gasteiger partial charge in [0, 0.05) is 49.4 Å². The molecular formula is C14H18BrN3O3. The predicted molar refractivity (Wildman–Crippen MR) is 83.8 cm³/mol. The van der Waals surface area contributed by atoms with Gasteiger partial charge in [-0.1, -0.05) is 15.9 Å². The van der Waals surface area contributed by atoms with Crippen molar-refractivity contribution in [2.45, 2.75) is 12.5 Å². The zero-order valence-corrected chi connectivity index (χ0v) is 13.3. The van der Waals surface area contributed by atoms with Gasteiger partial charge in [-0.3, -0.25) is 15.0 Å². The summed E-state index contributed by atoms with van der Waals surface area (Å²) in [5.74, 6) is 0. The molecule has 2 saturated heterocycles. The Balaban J connectivity index is 1.70. The molecule has 0 amide bonds. The highest BCUT2D eigenvalue weighted by atomic mass is 79.9. The number of hydrogen-bond acceptors (Lipinski definition) is 5. The number of benzene rings is 1. The SMILES string of the molecule is O=[N+]([O-])c1cc(Br)ccc1N1CCN(C2CCOC2)CC1. The van der Waals surface area contributed by atoms with E-state index in [9.17, 15) is 10.1 Å². The van der Waals surface area contributed by atoms with Crippen LogP contribution in [0.5, 0.6) is 0 Å². The summed E-state index contributed by atoms with van der Waals surface area (Å²) in [7, 11) is 0. The summed E-state index contributed by atoms with van der Waals surface area (Å²) in [6.45, 7) is 5.17. The molecule has 3 rings (SSSR count). The molecule has 0 bridgehead atoms. The van der Waals surface area contributed by atoms with Crippen LogP contribution in [0.4, 0.5) is 11.4 Å². The molecule has 0 radical (unpaired) electrons. The van der Waals surface area contributed by atoms with Crippen molar-refractivity contribution >= 4 is 27.3 Å². The minimum Gasteiger partial charge on any atom is -0.380 e. The average molecular weight is 356 g/mol. The van der Waals surface area contributed by atoms with E-state index in [0.717, 1.165) is 50.3 Å². The second kappa shape index (κ2) is 6.29. The van der Waals surface area contributed by atoms with Crippen LogP contribution in [0.25, 0.3) is 0 Å². The minimum absolute atomic E-state index is 0.169. The predicted octanol–water partition coefficient (Wildman–Crippen LogP) is 2.27. The monoisotopic (exact) mass is 355 g/mol. The number of nitro groups is 1. The third kappa shape index (κ3) is 3.20. The van der Waals surface area contributed by atoms with E-state index in [2.05, 4.69) is 25.7 Å². The summed E-state index contributed by atoms with van der Waals surface area (Å²) in [5.41, 5.74) is 0.882. The third-order valence-electron chi connectivity index (χ3n) is 4.21. The van der Waals surface area contributed by atoms with Crippen LogP contribution >= 0.6 is 15.9 Å². The molecular weight excluding hydrogens is 338 g/mol. The lowest BCUT2D eigenvalue weighted by Crippen LogP contribution is -2.50. The molecule has 2 fully saturated rings. The highest BCUT2D eigenvalue weighted by molar-refractivity contribution is 9.10. The molecule has 2 aliphatic heterocycles. The third-order valence-corrected chi connectivity index (χ3v) is 4.70. The van der Waals surface area contributed by atoms with E-state index in [1.165, 1.54) is 0 Å². The standard InChI is InChI=1S/C14H18BrN3O3/c15-11-1-2-13(14(9-11)18(19)20)17-6-4-16(5-7-17)12-3-8-21-10-12/h1-2,9,12H,3-8,10H2. The van der Waals surface area contributed by atoms with Gasteiger partial charge in [0.1, 0.15) is 5.69 Å². The molecule has 2 heterocycles. The van der Waals surface area contributed by atoms with Crippen molar-refractivity contribution in [3.05, 3.63) is 32.8 Å². The first kappa shape index (κ1) is 14.7. The van der Waals surface area contributed by atoms with Crippen molar-refractivity contribution in [3.8, 4) is 0 Å². The lowest BCUT2D eigenvalue weighted by atomic mass is 10.1. The molecule has 1 unspecified atom stereocenters. The van der Waals surface area contributed by atoms with Crippen molar-refractivity contribution in [1.29, 1.82) is 0 Å². The van der Waals surface area contributed by atoms with Gasteiger partial charge in [-0.15, -0.1) is 0 Å². The molecule has 6 nitrogen and oxygen atoms in total. The fourth-order valence-electron chi connectivity index (χ4n) is 3.05. The Morgan fingerprint density at radius 2 is 2.05 bits per heavy atom. The first-order chi connectivity index (χ1) is 10.1. The number of nitrogens with zero attached hydrogens (tertiary/aromatic N) is 3. The van der Waals surface area contributed by atoms with Gasteiger partial charge in [-0.2, -0.15) is 0 Å². The van der Waals surface area contributed by atoms with Crippen LogP contribution in [0.2, 0.25) is 0 Å². The van der Waals surface area contributed by atoms with E-state index in [4.69, 9.17) is 4.74 Å². The highest BCUT2D eigenvalue weighted by Gasteiger charge is 2.29. The van der Waals surface area contributed by atoms with Crippen LogP contribution in [-0.4, -0.2) is 55.3 Å². The Morgan fingerprint density at radius 3 is 2.67 bits per heavy atom. The molecule has 0 spiro atoms. The van der Waals surface area contributed by atoms with Gasteiger partial charge in [-0.25, -0.2) is 0 Å². The van der Waals surface area contributed by atoms with Crippen LogP contribution in [0.15, 0.2) is 22.7 Å². The van der Waals surface area contributed by atoms with Crippen molar-refractivity contribution in [2.24, 2.45) is 0 Å². The van der Waals surface area contributed by atoms with Gasteiger partial charge in [-0.05, 0) is 18.6 Å². The number of anilines is 1. The number of piperazine rings is 1. The summed E-state index contributed by atoms with van der Waals surface area (Å²) < 4.78 is 6.17. The van der Waals surface area contributed by atoms with Crippen molar-refractivity contribution in [2.75, 3.05) is 44.3 Å².